The molecular formula is C19H23ClN2OS2. The molecule has 3 N–H and O–H groups in total. The summed E-state index contributed by atoms with van der Waals surface area (Å²) in [6.45, 7) is 0.624. The summed E-state index contributed by atoms with van der Waals surface area (Å²) in [5.41, 5.74) is 9.64. The van der Waals surface area contributed by atoms with Crippen molar-refractivity contribution in [2.45, 2.75) is 17.4 Å². The predicted octanol–water partition coefficient (Wildman–Crippen LogP) is 4.53. The Hall–Kier alpha value is -1.30. The number of rotatable bonds is 5. The molecule has 1 aliphatic heterocycles. The standard InChI is InChI=1S/C19H22N2OS2.ClH/c20-17-8-2-14(3-9-17)10-11-21-18(22)15-4-6-16(7-5-15)19-23-12-1-13-24-19;/h2-9,19H,1,10-13,20H2,(H,21,22);1H. The normalized spacial score (nSPS) is 14.6. The molecule has 2 aromatic rings. The van der Waals surface area contributed by atoms with Crippen LogP contribution in [0.4, 0.5) is 5.69 Å². The maximum Gasteiger partial charge on any atom is 0.251 e. The molecule has 3 rings (SSSR count). The van der Waals surface area contributed by atoms with Crippen LogP contribution in [-0.4, -0.2) is 24.0 Å². The second-order valence-electron chi connectivity index (χ2n) is 5.80. The number of hydrogen-bond acceptors (Lipinski definition) is 4. The maximum absolute atomic E-state index is 12.2. The topological polar surface area (TPSA) is 55.1 Å². The SMILES string of the molecule is Cl.Nc1ccc(CCNC(=O)c2ccc(C3SCCCS3)cc2)cc1. The van der Waals surface area contributed by atoms with Gasteiger partial charge in [-0.2, -0.15) is 0 Å². The zero-order valence-electron chi connectivity index (χ0n) is 13.9. The van der Waals surface area contributed by atoms with Crippen LogP contribution in [0.3, 0.4) is 0 Å². The van der Waals surface area contributed by atoms with Crippen LogP contribution in [0.15, 0.2) is 48.5 Å². The quantitative estimate of drug-likeness (QED) is 0.731. The molecule has 25 heavy (non-hydrogen) atoms. The molecule has 1 heterocycles. The molecule has 0 unspecified atom stereocenters. The van der Waals surface area contributed by atoms with Gasteiger partial charge in [0.05, 0.1) is 4.58 Å². The van der Waals surface area contributed by atoms with Crippen molar-refractivity contribution in [2.24, 2.45) is 0 Å². The Morgan fingerprint density at radius 2 is 1.68 bits per heavy atom. The average Bonchev–Trinajstić information content (AvgIpc) is 2.64. The molecule has 0 radical (unpaired) electrons. The van der Waals surface area contributed by atoms with Crippen LogP contribution < -0.4 is 11.1 Å². The average molecular weight is 395 g/mol. The number of halogens is 1. The maximum atomic E-state index is 12.2. The van der Waals surface area contributed by atoms with Crippen LogP contribution in [0.2, 0.25) is 0 Å². The van der Waals surface area contributed by atoms with Gasteiger partial charge >= 0.3 is 0 Å². The lowest BCUT2D eigenvalue weighted by atomic mass is 10.1. The van der Waals surface area contributed by atoms with E-state index >= 15 is 0 Å². The second kappa shape index (κ2) is 10.00. The first-order valence-electron chi connectivity index (χ1n) is 8.18. The van der Waals surface area contributed by atoms with Crippen molar-refractivity contribution in [2.75, 3.05) is 23.8 Å². The lowest BCUT2D eigenvalue weighted by Crippen LogP contribution is -2.25. The van der Waals surface area contributed by atoms with E-state index in [4.69, 9.17) is 5.73 Å². The van der Waals surface area contributed by atoms with E-state index in [1.807, 2.05) is 59.9 Å². The van der Waals surface area contributed by atoms with Crippen LogP contribution in [-0.2, 0) is 6.42 Å². The van der Waals surface area contributed by atoms with Gasteiger partial charge in [-0.1, -0.05) is 24.3 Å². The van der Waals surface area contributed by atoms with Crippen LogP contribution in [0.25, 0.3) is 0 Å². The van der Waals surface area contributed by atoms with Crippen LogP contribution in [0, 0.1) is 0 Å². The number of nitrogens with one attached hydrogen (secondary N) is 1. The smallest absolute Gasteiger partial charge is 0.251 e. The van der Waals surface area contributed by atoms with E-state index < -0.39 is 0 Å². The Morgan fingerprint density at radius 3 is 2.32 bits per heavy atom. The molecule has 0 spiro atoms. The molecule has 1 fully saturated rings. The van der Waals surface area contributed by atoms with Gasteiger partial charge in [0.1, 0.15) is 0 Å². The minimum absolute atomic E-state index is 0. The molecule has 1 saturated heterocycles. The summed E-state index contributed by atoms with van der Waals surface area (Å²) in [5.74, 6) is 2.44. The summed E-state index contributed by atoms with van der Waals surface area (Å²) in [6, 6.07) is 15.8. The highest BCUT2D eigenvalue weighted by molar-refractivity contribution is 8.16. The fourth-order valence-electron chi connectivity index (χ4n) is 2.58. The zero-order chi connectivity index (χ0) is 16.8. The third-order valence-corrected chi connectivity index (χ3v) is 6.97. The van der Waals surface area contributed by atoms with Crippen LogP contribution >= 0.6 is 35.9 Å². The summed E-state index contributed by atoms with van der Waals surface area (Å²) in [7, 11) is 0. The largest absolute Gasteiger partial charge is 0.399 e. The van der Waals surface area contributed by atoms with Gasteiger partial charge in [-0.25, -0.2) is 0 Å². The Balaban J connectivity index is 0.00000225. The molecule has 1 amide bonds. The molecule has 0 bridgehead atoms. The highest BCUT2D eigenvalue weighted by Gasteiger charge is 2.16. The van der Waals surface area contributed by atoms with Gasteiger partial charge in [0, 0.05) is 17.8 Å². The summed E-state index contributed by atoms with van der Waals surface area (Å²) in [6.07, 6.45) is 2.10. The molecule has 134 valence electrons. The van der Waals surface area contributed by atoms with Crippen molar-refractivity contribution < 1.29 is 4.79 Å². The van der Waals surface area contributed by atoms with E-state index in [2.05, 4.69) is 17.4 Å². The number of thioether (sulfide) groups is 2. The van der Waals surface area contributed by atoms with Gasteiger partial charge in [-0.15, -0.1) is 35.9 Å². The Bertz CT molecular complexity index is 671. The zero-order valence-corrected chi connectivity index (χ0v) is 16.4. The number of nitrogens with two attached hydrogens (primary N) is 1. The van der Waals surface area contributed by atoms with Gasteiger partial charge < -0.3 is 11.1 Å². The highest BCUT2D eigenvalue weighted by atomic mass is 35.5. The molecule has 0 aliphatic carbocycles. The third kappa shape index (κ3) is 5.87. The first-order valence-corrected chi connectivity index (χ1v) is 10.3. The molecule has 6 heteroatoms. The molecular weight excluding hydrogens is 372 g/mol. The minimum Gasteiger partial charge on any atom is -0.399 e. The van der Waals surface area contributed by atoms with Crippen molar-refractivity contribution in [1.82, 2.24) is 5.32 Å². The van der Waals surface area contributed by atoms with E-state index in [9.17, 15) is 4.79 Å². The number of carbonyl (C=O) groups is 1. The van der Waals surface area contributed by atoms with Crippen molar-refractivity contribution in [3.63, 3.8) is 0 Å². The third-order valence-electron chi connectivity index (χ3n) is 3.95. The molecule has 1 aliphatic rings. The highest BCUT2D eigenvalue weighted by Crippen LogP contribution is 2.43. The molecule has 0 aromatic heterocycles. The van der Waals surface area contributed by atoms with E-state index in [0.717, 1.165) is 17.7 Å². The van der Waals surface area contributed by atoms with Crippen molar-refractivity contribution in [3.05, 3.63) is 65.2 Å². The second-order valence-corrected chi connectivity index (χ2v) is 8.52. The molecule has 3 nitrogen and oxygen atoms in total. The lowest BCUT2D eigenvalue weighted by Gasteiger charge is -2.21. The van der Waals surface area contributed by atoms with Gasteiger partial charge in [0.2, 0.25) is 0 Å². The Labute approximate surface area is 163 Å². The van der Waals surface area contributed by atoms with Crippen molar-refractivity contribution >= 4 is 47.5 Å². The Kier molecular flexibility index (Phi) is 8.00. The van der Waals surface area contributed by atoms with Gasteiger partial charge in [0.15, 0.2) is 0 Å². The number of anilines is 1. The molecule has 0 atom stereocenters. The summed E-state index contributed by atoms with van der Waals surface area (Å²) in [5, 5.41) is 2.98. The van der Waals surface area contributed by atoms with Crippen LogP contribution in [0.5, 0.6) is 0 Å². The number of amides is 1. The first kappa shape index (κ1) is 20.0. The van der Waals surface area contributed by atoms with E-state index in [-0.39, 0.29) is 18.3 Å². The van der Waals surface area contributed by atoms with E-state index in [1.165, 1.54) is 29.1 Å². The number of benzene rings is 2. The number of carbonyl (C=O) groups excluding carboxylic acids is 1. The Morgan fingerprint density at radius 1 is 1.04 bits per heavy atom. The number of nitrogen functional groups attached to an aromatic ring is 1. The molecule has 0 saturated carbocycles. The van der Waals surface area contributed by atoms with Crippen molar-refractivity contribution in [3.8, 4) is 0 Å². The van der Waals surface area contributed by atoms with Crippen LogP contribution in [0.1, 0.15) is 32.5 Å². The number of hydrogen-bond donors (Lipinski definition) is 2. The van der Waals surface area contributed by atoms with E-state index in [1.54, 1.807) is 0 Å². The van der Waals surface area contributed by atoms with Gasteiger partial charge in [0.25, 0.3) is 5.91 Å². The summed E-state index contributed by atoms with van der Waals surface area (Å²) >= 11 is 3.99. The van der Waals surface area contributed by atoms with Gasteiger partial charge in [-0.05, 0) is 59.7 Å². The monoisotopic (exact) mass is 394 g/mol. The van der Waals surface area contributed by atoms with Gasteiger partial charge in [-0.3, -0.25) is 4.79 Å². The fraction of sp³-hybridized carbons (Fsp3) is 0.316. The minimum atomic E-state index is -0.0130. The first-order chi connectivity index (χ1) is 11.7. The van der Waals surface area contributed by atoms with Crippen molar-refractivity contribution in [1.29, 1.82) is 0 Å². The fourth-order valence-corrected chi connectivity index (χ4v) is 5.47. The lowest BCUT2D eigenvalue weighted by molar-refractivity contribution is 0.0954. The van der Waals surface area contributed by atoms with E-state index in [0.29, 0.717) is 11.1 Å². The molecule has 2 aromatic carbocycles. The summed E-state index contributed by atoms with van der Waals surface area (Å²) in [4.78, 5) is 12.2. The predicted molar refractivity (Wildman–Crippen MR) is 113 cm³/mol. The summed E-state index contributed by atoms with van der Waals surface area (Å²) < 4.78 is 0.515.